The number of hydrogen-bond acceptors (Lipinski definition) is 9. The van der Waals surface area contributed by atoms with E-state index in [1.54, 1.807) is 0 Å². The van der Waals surface area contributed by atoms with Gasteiger partial charge in [-0.05, 0) is 88.7 Å². The summed E-state index contributed by atoms with van der Waals surface area (Å²) < 4.78 is 5.94. The average molecular weight is 621 g/mol. The van der Waals surface area contributed by atoms with Crippen LogP contribution in [0, 0.1) is 0 Å². The van der Waals surface area contributed by atoms with Crippen molar-refractivity contribution in [3.05, 3.63) is 24.3 Å². The number of guanidine groups is 2. The summed E-state index contributed by atoms with van der Waals surface area (Å²) in [5, 5.41) is 8.94. The maximum atomic E-state index is 12.4. The van der Waals surface area contributed by atoms with Crippen LogP contribution in [-0.4, -0.2) is 100 Å². The van der Waals surface area contributed by atoms with E-state index in [9.17, 15) is 9.59 Å². The Balaban J connectivity index is 2.43. The van der Waals surface area contributed by atoms with Crippen LogP contribution >= 0.6 is 0 Å². The molecule has 44 heavy (non-hydrogen) atoms. The Morgan fingerprint density at radius 2 is 1.23 bits per heavy atom. The Kier molecular flexibility index (Phi) is 20.5. The average Bonchev–Trinajstić information content (AvgIpc) is 3.00. The largest absolute Gasteiger partial charge is 0.492 e. The van der Waals surface area contributed by atoms with Gasteiger partial charge in [0.2, 0.25) is 11.8 Å². The highest BCUT2D eigenvalue weighted by Gasteiger charge is 2.14. The fraction of sp³-hybridized carbons (Fsp3) is 0.655. The summed E-state index contributed by atoms with van der Waals surface area (Å²) >= 11 is 0. The van der Waals surface area contributed by atoms with Gasteiger partial charge < -0.3 is 55.1 Å². The van der Waals surface area contributed by atoms with Gasteiger partial charge >= 0.3 is 0 Å². The molecule has 0 aliphatic rings. The van der Waals surface area contributed by atoms with Crippen LogP contribution in [-0.2, 0) is 9.59 Å². The summed E-state index contributed by atoms with van der Waals surface area (Å²) in [4.78, 5) is 34.9. The van der Waals surface area contributed by atoms with Crippen molar-refractivity contribution in [2.45, 2.75) is 63.5 Å². The van der Waals surface area contributed by atoms with Gasteiger partial charge in [0, 0.05) is 45.5 Å². The van der Waals surface area contributed by atoms with E-state index < -0.39 is 12.1 Å². The van der Waals surface area contributed by atoms with E-state index in [0.717, 1.165) is 63.1 Å². The van der Waals surface area contributed by atoms with Gasteiger partial charge in [0.1, 0.15) is 12.4 Å². The molecule has 0 saturated carbocycles. The van der Waals surface area contributed by atoms with Gasteiger partial charge in [0.15, 0.2) is 11.9 Å². The first-order chi connectivity index (χ1) is 21.1. The Morgan fingerprint density at radius 1 is 0.750 bits per heavy atom. The Labute approximate surface area is 262 Å². The van der Waals surface area contributed by atoms with Crippen molar-refractivity contribution >= 4 is 29.4 Å². The minimum Gasteiger partial charge on any atom is -0.492 e. The first-order valence-electron chi connectivity index (χ1n) is 15.4. The lowest BCUT2D eigenvalue weighted by atomic mass is 10.1. The van der Waals surface area contributed by atoms with Crippen molar-refractivity contribution in [3.63, 3.8) is 0 Å². The van der Waals surface area contributed by atoms with E-state index in [2.05, 4.69) is 30.8 Å². The number of hydrogen-bond donors (Lipinski definition) is 9. The van der Waals surface area contributed by atoms with Crippen LogP contribution in [0.1, 0.15) is 51.4 Å². The molecule has 0 heterocycles. The molecule has 0 bridgehead atoms. The van der Waals surface area contributed by atoms with Crippen LogP contribution in [0.5, 0.6) is 5.75 Å². The number of amides is 2. The molecule has 15 N–H and O–H groups in total. The summed E-state index contributed by atoms with van der Waals surface area (Å²) in [6.45, 7) is 4.77. The molecule has 1 aromatic carbocycles. The highest BCUT2D eigenvalue weighted by molar-refractivity contribution is 5.81. The topological polar surface area (TPSA) is 264 Å². The van der Waals surface area contributed by atoms with E-state index in [1.807, 2.05) is 31.3 Å². The molecule has 0 radical (unpaired) electrons. The number of ether oxygens (including phenoxy) is 1. The number of anilines is 1. The number of carbonyl (C=O) groups excluding carboxylic acids is 2. The van der Waals surface area contributed by atoms with Crippen LogP contribution in [0.15, 0.2) is 34.3 Å². The number of nitrogens with zero attached hydrogens (tertiary/aromatic N) is 3. The number of nitrogens with two attached hydrogens (primary N) is 6. The van der Waals surface area contributed by atoms with E-state index >= 15 is 0 Å². The maximum absolute atomic E-state index is 12.4. The van der Waals surface area contributed by atoms with Crippen molar-refractivity contribution in [2.75, 3.05) is 64.8 Å². The van der Waals surface area contributed by atoms with E-state index in [0.29, 0.717) is 52.2 Å². The molecule has 1 aromatic rings. The Bertz CT molecular complexity index is 930. The lowest BCUT2D eigenvalue weighted by Crippen LogP contribution is -2.42. The molecular weight excluding hydrogens is 564 g/mol. The third-order valence-electron chi connectivity index (χ3n) is 6.83. The quantitative estimate of drug-likeness (QED) is 0.0362. The molecule has 2 atom stereocenters. The normalized spacial score (nSPS) is 12.2. The van der Waals surface area contributed by atoms with E-state index in [-0.39, 0.29) is 23.7 Å². The molecule has 0 aliphatic heterocycles. The SMILES string of the molecule is CNc1ccc(OCCN(CCCNC(=O)[C@@H](N)CCCCN=C(N)N)CCCNC(=O)[C@@H](N)CCCCN=C(N)N)cc1. The second-order valence-electron chi connectivity index (χ2n) is 10.6. The van der Waals surface area contributed by atoms with Crippen LogP contribution in [0.3, 0.4) is 0 Å². The standard InChI is InChI=1S/C29H56N12O3/c1-36-22-10-12-23(13-11-22)44-21-20-41(18-6-16-37-26(42)24(30)8-2-4-14-39-28(32)33)19-7-17-38-27(43)25(31)9-3-5-15-40-29(34)35/h10-13,24-25,36H,2-9,14-21,30-31H2,1H3,(H,37,42)(H,38,43)(H4,32,33,39)(H4,34,35,40)/t24-,25-/m0/s1. The van der Waals surface area contributed by atoms with Crippen LogP contribution < -0.4 is 55.1 Å². The third-order valence-corrected chi connectivity index (χ3v) is 6.83. The van der Waals surface area contributed by atoms with Gasteiger partial charge in [-0.25, -0.2) is 0 Å². The number of nitrogens with one attached hydrogen (secondary N) is 3. The molecule has 0 fully saturated rings. The van der Waals surface area contributed by atoms with E-state index in [4.69, 9.17) is 39.1 Å². The zero-order valence-electron chi connectivity index (χ0n) is 26.3. The first kappa shape index (κ1) is 38.2. The van der Waals surface area contributed by atoms with Crippen LogP contribution in [0.25, 0.3) is 0 Å². The number of carbonyl (C=O) groups is 2. The summed E-state index contributed by atoms with van der Waals surface area (Å²) in [5.74, 6) is 0.591. The second kappa shape index (κ2) is 23.6. The fourth-order valence-corrected chi connectivity index (χ4v) is 4.27. The molecule has 0 aliphatic carbocycles. The molecule has 15 heteroatoms. The van der Waals surface area contributed by atoms with Gasteiger partial charge in [-0.3, -0.25) is 24.5 Å². The van der Waals surface area contributed by atoms with Gasteiger partial charge in [-0.15, -0.1) is 0 Å². The van der Waals surface area contributed by atoms with Crippen molar-refractivity contribution < 1.29 is 14.3 Å². The number of unbranched alkanes of at least 4 members (excludes halogenated alkanes) is 2. The predicted octanol–water partition coefficient (Wildman–Crippen LogP) is -1.04. The van der Waals surface area contributed by atoms with Crippen molar-refractivity contribution in [2.24, 2.45) is 44.4 Å². The fourth-order valence-electron chi connectivity index (χ4n) is 4.27. The predicted molar refractivity (Wildman–Crippen MR) is 178 cm³/mol. The number of benzene rings is 1. The molecule has 0 spiro atoms. The molecule has 2 amide bonds. The first-order valence-corrected chi connectivity index (χ1v) is 15.4. The number of rotatable bonds is 25. The smallest absolute Gasteiger partial charge is 0.236 e. The van der Waals surface area contributed by atoms with Crippen molar-refractivity contribution in [1.82, 2.24) is 15.5 Å². The van der Waals surface area contributed by atoms with Crippen molar-refractivity contribution in [3.8, 4) is 5.75 Å². The second-order valence-corrected chi connectivity index (χ2v) is 10.6. The summed E-state index contributed by atoms with van der Waals surface area (Å²) in [7, 11) is 1.87. The monoisotopic (exact) mass is 620 g/mol. The van der Waals surface area contributed by atoms with Crippen LogP contribution in [0.2, 0.25) is 0 Å². The maximum Gasteiger partial charge on any atom is 0.236 e. The molecule has 0 aromatic heterocycles. The molecule has 0 unspecified atom stereocenters. The van der Waals surface area contributed by atoms with Gasteiger partial charge in [0.05, 0.1) is 12.1 Å². The minimum absolute atomic E-state index is 0.0632. The summed E-state index contributed by atoms with van der Waals surface area (Å²) in [5.41, 5.74) is 34.3. The Hall–Kier alpha value is -3.82. The minimum atomic E-state index is -0.568. The van der Waals surface area contributed by atoms with Crippen molar-refractivity contribution in [1.29, 1.82) is 0 Å². The third kappa shape index (κ3) is 19.4. The molecule has 0 saturated heterocycles. The van der Waals surface area contributed by atoms with Gasteiger partial charge in [0.25, 0.3) is 0 Å². The lowest BCUT2D eigenvalue weighted by molar-refractivity contribution is -0.123. The number of aliphatic imine (C=N–C) groups is 2. The molecule has 250 valence electrons. The van der Waals surface area contributed by atoms with Gasteiger partial charge in [-0.2, -0.15) is 0 Å². The summed E-state index contributed by atoms with van der Waals surface area (Å²) in [6.07, 6.45) is 5.68. The lowest BCUT2D eigenvalue weighted by Gasteiger charge is -2.23. The highest BCUT2D eigenvalue weighted by Crippen LogP contribution is 2.15. The molecule has 1 rings (SSSR count). The summed E-state index contributed by atoms with van der Waals surface area (Å²) in [6, 6.07) is 6.64. The van der Waals surface area contributed by atoms with E-state index in [1.165, 1.54) is 0 Å². The zero-order chi connectivity index (χ0) is 32.6. The molecule has 15 nitrogen and oxygen atoms in total. The Morgan fingerprint density at radius 3 is 1.66 bits per heavy atom. The van der Waals surface area contributed by atoms with Crippen LogP contribution in [0.4, 0.5) is 5.69 Å². The highest BCUT2D eigenvalue weighted by atomic mass is 16.5. The molecular formula is C29H56N12O3. The van der Waals surface area contributed by atoms with Gasteiger partial charge in [-0.1, -0.05) is 0 Å². The zero-order valence-corrected chi connectivity index (χ0v) is 26.3.